The molecule has 0 saturated heterocycles. The summed E-state index contributed by atoms with van der Waals surface area (Å²) < 4.78 is 13.6. The van der Waals surface area contributed by atoms with Crippen molar-refractivity contribution >= 4 is 39.5 Å². The van der Waals surface area contributed by atoms with E-state index in [1.165, 1.54) is 6.07 Å². The number of carbonyl (C=O) groups is 3. The first kappa shape index (κ1) is 15.8. The molecular formula is C12H10BrFN2O4. The van der Waals surface area contributed by atoms with E-state index in [2.05, 4.69) is 21.2 Å². The molecule has 1 aromatic rings. The molecule has 0 bridgehead atoms. The zero-order valence-electron chi connectivity index (χ0n) is 10.2. The molecule has 0 aromatic heterocycles. The number of urea groups is 1. The molecule has 6 nitrogen and oxygen atoms in total. The van der Waals surface area contributed by atoms with Gasteiger partial charge in [-0.1, -0.05) is 0 Å². The minimum Gasteiger partial charge on any atom is -0.478 e. The smallest absolute Gasteiger partial charge is 0.328 e. The van der Waals surface area contributed by atoms with Gasteiger partial charge in [0.05, 0.1) is 4.47 Å². The minimum atomic E-state index is -1.31. The fourth-order valence-electron chi connectivity index (χ4n) is 1.24. The molecule has 0 heterocycles. The lowest BCUT2D eigenvalue weighted by Crippen LogP contribution is -2.33. The molecule has 3 amide bonds. The third-order valence-electron chi connectivity index (χ3n) is 2.13. The van der Waals surface area contributed by atoms with Crippen molar-refractivity contribution in [3.8, 4) is 0 Å². The fraction of sp³-hybridized carbons (Fsp3) is 0.0833. The summed E-state index contributed by atoms with van der Waals surface area (Å²) in [6.07, 6.45) is 1.28. The SMILES string of the molecule is Cc1cc(Br)c(F)cc1NC(=O)NC(=O)/C=C/C(=O)O. The van der Waals surface area contributed by atoms with E-state index in [0.29, 0.717) is 17.7 Å². The van der Waals surface area contributed by atoms with Crippen LogP contribution in [0.2, 0.25) is 0 Å². The Morgan fingerprint density at radius 1 is 1.30 bits per heavy atom. The summed E-state index contributed by atoms with van der Waals surface area (Å²) in [7, 11) is 0. The van der Waals surface area contributed by atoms with Crippen LogP contribution in [0.4, 0.5) is 14.9 Å². The molecule has 0 saturated carbocycles. The van der Waals surface area contributed by atoms with E-state index < -0.39 is 23.7 Å². The first-order valence-corrected chi connectivity index (χ1v) is 6.07. The van der Waals surface area contributed by atoms with Crippen LogP contribution in [-0.2, 0) is 9.59 Å². The molecule has 106 valence electrons. The quantitative estimate of drug-likeness (QED) is 0.732. The second-order valence-corrected chi connectivity index (χ2v) is 4.55. The molecule has 1 aromatic carbocycles. The number of carbonyl (C=O) groups excluding carboxylic acids is 2. The van der Waals surface area contributed by atoms with Gasteiger partial charge in [-0.05, 0) is 40.5 Å². The summed E-state index contributed by atoms with van der Waals surface area (Å²) >= 11 is 3.00. The lowest BCUT2D eigenvalue weighted by Gasteiger charge is -2.09. The Morgan fingerprint density at radius 3 is 2.55 bits per heavy atom. The van der Waals surface area contributed by atoms with Gasteiger partial charge in [0.2, 0.25) is 0 Å². The third kappa shape index (κ3) is 4.81. The number of anilines is 1. The normalized spacial score (nSPS) is 10.3. The van der Waals surface area contributed by atoms with E-state index in [0.717, 1.165) is 6.07 Å². The zero-order chi connectivity index (χ0) is 15.3. The van der Waals surface area contributed by atoms with Crippen LogP contribution in [0, 0.1) is 12.7 Å². The second-order valence-electron chi connectivity index (χ2n) is 3.70. The maximum Gasteiger partial charge on any atom is 0.328 e. The fourth-order valence-corrected chi connectivity index (χ4v) is 1.69. The number of halogens is 2. The first-order chi connectivity index (χ1) is 9.29. The maximum atomic E-state index is 13.3. The molecule has 8 heteroatoms. The average Bonchev–Trinajstić information content (AvgIpc) is 2.33. The van der Waals surface area contributed by atoms with Gasteiger partial charge < -0.3 is 10.4 Å². The Kier molecular flexibility index (Phi) is 5.39. The number of aryl methyl sites for hydroxylation is 1. The Labute approximate surface area is 121 Å². The van der Waals surface area contributed by atoms with Crippen molar-refractivity contribution in [2.75, 3.05) is 5.32 Å². The average molecular weight is 345 g/mol. The number of benzene rings is 1. The highest BCUT2D eigenvalue weighted by Crippen LogP contribution is 2.23. The van der Waals surface area contributed by atoms with Gasteiger partial charge in [-0.25, -0.2) is 14.0 Å². The van der Waals surface area contributed by atoms with E-state index in [-0.39, 0.29) is 10.2 Å². The van der Waals surface area contributed by atoms with Gasteiger partial charge in [0, 0.05) is 17.8 Å². The standard InChI is InChI=1S/C12H10BrFN2O4/c1-6-4-7(13)8(14)5-9(6)15-12(20)16-10(17)2-3-11(18)19/h2-5H,1H3,(H,18,19)(H2,15,16,17,20)/b3-2+. The summed E-state index contributed by atoms with van der Waals surface area (Å²) in [6.45, 7) is 1.64. The molecule has 0 radical (unpaired) electrons. The number of aliphatic carboxylic acids is 1. The van der Waals surface area contributed by atoms with E-state index >= 15 is 0 Å². The summed E-state index contributed by atoms with van der Waals surface area (Å²) in [4.78, 5) is 32.8. The van der Waals surface area contributed by atoms with Crippen LogP contribution in [0.15, 0.2) is 28.8 Å². The summed E-state index contributed by atoms with van der Waals surface area (Å²) in [6, 6.07) is 1.67. The second kappa shape index (κ2) is 6.80. The van der Waals surface area contributed by atoms with Crippen molar-refractivity contribution in [2.24, 2.45) is 0 Å². The summed E-state index contributed by atoms with van der Waals surface area (Å²) in [5.41, 5.74) is 0.778. The van der Waals surface area contributed by atoms with E-state index in [4.69, 9.17) is 5.11 Å². The summed E-state index contributed by atoms with van der Waals surface area (Å²) in [5.74, 6) is -2.78. The van der Waals surface area contributed by atoms with Gasteiger partial charge in [-0.15, -0.1) is 0 Å². The highest BCUT2D eigenvalue weighted by atomic mass is 79.9. The predicted octanol–water partition coefficient (Wildman–Crippen LogP) is 2.19. The van der Waals surface area contributed by atoms with Crippen LogP contribution in [-0.4, -0.2) is 23.0 Å². The number of amides is 3. The Balaban J connectivity index is 2.70. The molecule has 0 atom stereocenters. The topological polar surface area (TPSA) is 95.5 Å². The number of rotatable bonds is 3. The van der Waals surface area contributed by atoms with Gasteiger partial charge >= 0.3 is 12.0 Å². The Hall–Kier alpha value is -2.22. The lowest BCUT2D eigenvalue weighted by atomic mass is 10.2. The molecule has 0 fully saturated rings. The summed E-state index contributed by atoms with van der Waals surface area (Å²) in [5, 5.41) is 12.5. The molecule has 0 aliphatic rings. The molecule has 0 unspecified atom stereocenters. The molecule has 1 rings (SSSR count). The van der Waals surface area contributed by atoms with Gasteiger partial charge in [-0.2, -0.15) is 0 Å². The van der Waals surface area contributed by atoms with Crippen molar-refractivity contribution in [2.45, 2.75) is 6.92 Å². The molecule has 0 aliphatic carbocycles. The number of imide groups is 1. The Morgan fingerprint density at radius 2 is 1.95 bits per heavy atom. The lowest BCUT2D eigenvalue weighted by molar-refractivity contribution is -0.131. The number of carboxylic acid groups (broad SMARTS) is 1. The Bertz CT molecular complexity index is 601. The van der Waals surface area contributed by atoms with Crippen LogP contribution in [0.25, 0.3) is 0 Å². The van der Waals surface area contributed by atoms with Crippen molar-refractivity contribution in [3.63, 3.8) is 0 Å². The monoisotopic (exact) mass is 344 g/mol. The van der Waals surface area contributed by atoms with E-state index in [1.807, 2.05) is 5.32 Å². The van der Waals surface area contributed by atoms with Gasteiger partial charge in [0.1, 0.15) is 5.82 Å². The molecule has 20 heavy (non-hydrogen) atoms. The van der Waals surface area contributed by atoms with E-state index in [1.54, 1.807) is 6.92 Å². The number of carboxylic acids is 1. The zero-order valence-corrected chi connectivity index (χ0v) is 11.8. The van der Waals surface area contributed by atoms with Crippen molar-refractivity contribution in [1.82, 2.24) is 5.32 Å². The van der Waals surface area contributed by atoms with Crippen LogP contribution < -0.4 is 10.6 Å². The van der Waals surface area contributed by atoms with E-state index in [9.17, 15) is 18.8 Å². The largest absolute Gasteiger partial charge is 0.478 e. The maximum absolute atomic E-state index is 13.3. The van der Waals surface area contributed by atoms with Crippen molar-refractivity contribution < 1.29 is 23.9 Å². The highest BCUT2D eigenvalue weighted by molar-refractivity contribution is 9.10. The van der Waals surface area contributed by atoms with Gasteiger partial charge in [0.25, 0.3) is 5.91 Å². The molecule has 0 aliphatic heterocycles. The molecular weight excluding hydrogens is 335 g/mol. The van der Waals surface area contributed by atoms with Crippen LogP contribution >= 0.6 is 15.9 Å². The predicted molar refractivity (Wildman–Crippen MR) is 72.8 cm³/mol. The van der Waals surface area contributed by atoms with Crippen molar-refractivity contribution in [1.29, 1.82) is 0 Å². The molecule has 3 N–H and O–H groups in total. The first-order valence-electron chi connectivity index (χ1n) is 5.28. The number of hydrogen-bond donors (Lipinski definition) is 3. The van der Waals surface area contributed by atoms with Crippen LogP contribution in [0.1, 0.15) is 5.56 Å². The highest BCUT2D eigenvalue weighted by Gasteiger charge is 2.10. The van der Waals surface area contributed by atoms with Crippen LogP contribution in [0.5, 0.6) is 0 Å². The van der Waals surface area contributed by atoms with Gasteiger partial charge in [0.15, 0.2) is 0 Å². The van der Waals surface area contributed by atoms with Gasteiger partial charge in [-0.3, -0.25) is 10.1 Å². The molecule has 0 spiro atoms. The third-order valence-corrected chi connectivity index (χ3v) is 2.74. The minimum absolute atomic E-state index is 0.193. The van der Waals surface area contributed by atoms with Crippen molar-refractivity contribution in [3.05, 3.63) is 40.1 Å². The number of nitrogens with one attached hydrogen (secondary N) is 2. The van der Waals surface area contributed by atoms with Crippen LogP contribution in [0.3, 0.4) is 0 Å². The number of hydrogen-bond acceptors (Lipinski definition) is 3.